The first kappa shape index (κ1) is 16.4. The number of fused-ring (bicyclic) bond motifs is 2. The van der Waals surface area contributed by atoms with Crippen molar-refractivity contribution in [2.24, 2.45) is 17.3 Å². The molecule has 2 saturated carbocycles. The predicted octanol–water partition coefficient (Wildman–Crippen LogP) is 4.74. The zero-order valence-corrected chi connectivity index (χ0v) is 15.5. The zero-order chi connectivity index (χ0) is 17.8. The van der Waals surface area contributed by atoms with Gasteiger partial charge in [-0.25, -0.2) is 0 Å². The van der Waals surface area contributed by atoms with Gasteiger partial charge in [0.2, 0.25) is 5.13 Å². The molecule has 0 amide bonds. The highest BCUT2D eigenvalue weighted by atomic mass is 32.1. The van der Waals surface area contributed by atoms with Crippen molar-refractivity contribution in [1.82, 2.24) is 10.2 Å². The number of nitro benzene ring substituents is 1. The topological polar surface area (TPSA) is 81.0 Å². The molecule has 0 aliphatic heterocycles. The quantitative estimate of drug-likeness (QED) is 0.630. The van der Waals surface area contributed by atoms with Crippen LogP contribution in [0.25, 0.3) is 10.6 Å². The summed E-state index contributed by atoms with van der Waals surface area (Å²) in [5.74, 6) is 1.39. The minimum absolute atomic E-state index is 0.0185. The average Bonchev–Trinajstić information content (AvgIpc) is 3.26. The van der Waals surface area contributed by atoms with Gasteiger partial charge in [-0.2, -0.15) is 0 Å². The molecule has 3 unspecified atom stereocenters. The smallest absolute Gasteiger partial charge is 0.279 e. The Morgan fingerprint density at radius 2 is 1.92 bits per heavy atom. The van der Waals surface area contributed by atoms with E-state index in [0.717, 1.165) is 11.0 Å². The van der Waals surface area contributed by atoms with Crippen molar-refractivity contribution in [3.63, 3.8) is 0 Å². The number of nitrogens with zero attached hydrogens (tertiary/aromatic N) is 3. The second-order valence-electron chi connectivity index (χ2n) is 7.94. The molecule has 132 valence electrons. The largest absolute Gasteiger partial charge is 0.354 e. The monoisotopic (exact) mass is 358 g/mol. The summed E-state index contributed by atoms with van der Waals surface area (Å²) in [5.41, 5.74) is 0.766. The van der Waals surface area contributed by atoms with Crippen LogP contribution in [-0.4, -0.2) is 20.7 Å². The van der Waals surface area contributed by atoms with Crippen LogP contribution in [0.4, 0.5) is 10.8 Å². The highest BCUT2D eigenvalue weighted by molar-refractivity contribution is 7.18. The van der Waals surface area contributed by atoms with Crippen LogP contribution < -0.4 is 5.32 Å². The lowest BCUT2D eigenvalue weighted by Crippen LogP contribution is -2.52. The SMILES string of the molecule is CC1(C)C2CCC(C2)C1(C)Nc1nnc(-c2ccccc2[N+](=O)[O-])s1. The van der Waals surface area contributed by atoms with Gasteiger partial charge in [0.25, 0.3) is 5.69 Å². The summed E-state index contributed by atoms with van der Waals surface area (Å²) >= 11 is 1.39. The van der Waals surface area contributed by atoms with Gasteiger partial charge in [-0.3, -0.25) is 10.1 Å². The fraction of sp³-hybridized carbons (Fsp3) is 0.556. The number of rotatable bonds is 4. The van der Waals surface area contributed by atoms with Gasteiger partial charge >= 0.3 is 0 Å². The van der Waals surface area contributed by atoms with E-state index < -0.39 is 0 Å². The Labute approximate surface area is 150 Å². The van der Waals surface area contributed by atoms with E-state index in [9.17, 15) is 10.1 Å². The lowest BCUT2D eigenvalue weighted by molar-refractivity contribution is -0.384. The van der Waals surface area contributed by atoms with E-state index in [1.165, 1.54) is 36.7 Å². The zero-order valence-electron chi connectivity index (χ0n) is 14.7. The maximum atomic E-state index is 11.2. The first-order valence-corrected chi connectivity index (χ1v) is 9.50. The normalized spacial score (nSPS) is 29.7. The molecule has 0 spiro atoms. The number of anilines is 1. The molecule has 7 heteroatoms. The molecule has 1 aromatic carbocycles. The van der Waals surface area contributed by atoms with Crippen LogP contribution in [0.3, 0.4) is 0 Å². The van der Waals surface area contributed by atoms with Crippen LogP contribution in [0.5, 0.6) is 0 Å². The maximum absolute atomic E-state index is 11.2. The van der Waals surface area contributed by atoms with Crippen LogP contribution in [0.15, 0.2) is 24.3 Å². The summed E-state index contributed by atoms with van der Waals surface area (Å²) in [4.78, 5) is 10.9. The molecule has 0 saturated heterocycles. The van der Waals surface area contributed by atoms with Crippen molar-refractivity contribution >= 4 is 22.2 Å². The second-order valence-corrected chi connectivity index (χ2v) is 8.92. The Kier molecular flexibility index (Phi) is 3.61. The molecule has 2 bridgehead atoms. The van der Waals surface area contributed by atoms with Crippen LogP contribution in [-0.2, 0) is 0 Å². The van der Waals surface area contributed by atoms with Crippen molar-refractivity contribution in [3.05, 3.63) is 34.4 Å². The van der Waals surface area contributed by atoms with E-state index in [4.69, 9.17) is 0 Å². The molecule has 25 heavy (non-hydrogen) atoms. The van der Waals surface area contributed by atoms with Crippen LogP contribution in [0.1, 0.15) is 40.0 Å². The lowest BCUT2D eigenvalue weighted by atomic mass is 9.64. The molecule has 6 nitrogen and oxygen atoms in total. The van der Waals surface area contributed by atoms with E-state index in [0.29, 0.717) is 16.5 Å². The molecule has 4 rings (SSSR count). The van der Waals surface area contributed by atoms with Gasteiger partial charge in [0.05, 0.1) is 10.5 Å². The molecule has 2 fully saturated rings. The van der Waals surface area contributed by atoms with Crippen LogP contribution in [0.2, 0.25) is 0 Å². The van der Waals surface area contributed by atoms with Crippen LogP contribution in [0, 0.1) is 27.4 Å². The summed E-state index contributed by atoms with van der Waals surface area (Å²) in [6.07, 6.45) is 3.84. The summed E-state index contributed by atoms with van der Waals surface area (Å²) < 4.78 is 0. The highest BCUT2D eigenvalue weighted by Crippen LogP contribution is 2.62. The first-order chi connectivity index (χ1) is 11.8. The first-order valence-electron chi connectivity index (χ1n) is 8.68. The van der Waals surface area contributed by atoms with Crippen LogP contribution >= 0.6 is 11.3 Å². The number of nitrogens with one attached hydrogen (secondary N) is 1. The minimum atomic E-state index is -0.371. The number of aromatic nitrogens is 2. The fourth-order valence-electron chi connectivity index (χ4n) is 4.79. The molecule has 3 atom stereocenters. The van der Waals surface area contributed by atoms with Crippen molar-refractivity contribution in [3.8, 4) is 10.6 Å². The van der Waals surface area contributed by atoms with E-state index in [2.05, 4.69) is 36.3 Å². The average molecular weight is 358 g/mol. The van der Waals surface area contributed by atoms with E-state index >= 15 is 0 Å². The summed E-state index contributed by atoms with van der Waals surface area (Å²) in [6.45, 7) is 6.98. The standard InChI is InChI=1S/C18H22N4O2S/c1-17(2)11-8-9-12(10-11)18(17,3)19-16-21-20-15(25-16)13-6-4-5-7-14(13)22(23)24/h4-7,11-12H,8-10H2,1-3H3,(H,19,21). The van der Waals surface area contributed by atoms with Gasteiger partial charge in [-0.05, 0) is 49.5 Å². The number of hydrogen-bond acceptors (Lipinski definition) is 6. The molecule has 2 aliphatic rings. The minimum Gasteiger partial charge on any atom is -0.354 e. The Hall–Kier alpha value is -2.02. The van der Waals surface area contributed by atoms with Gasteiger partial charge in [0.1, 0.15) is 0 Å². The molecule has 0 radical (unpaired) electrons. The van der Waals surface area contributed by atoms with Gasteiger partial charge in [0.15, 0.2) is 5.01 Å². The molecule has 2 aromatic rings. The maximum Gasteiger partial charge on any atom is 0.279 e. The Bertz CT molecular complexity index is 834. The second kappa shape index (κ2) is 5.49. The molecule has 1 heterocycles. The van der Waals surface area contributed by atoms with Gasteiger partial charge in [-0.1, -0.05) is 37.3 Å². The predicted molar refractivity (Wildman–Crippen MR) is 98.6 cm³/mol. The van der Waals surface area contributed by atoms with Gasteiger partial charge < -0.3 is 5.32 Å². The van der Waals surface area contributed by atoms with Crippen molar-refractivity contribution in [2.75, 3.05) is 5.32 Å². The highest BCUT2D eigenvalue weighted by Gasteiger charge is 2.60. The van der Waals surface area contributed by atoms with Gasteiger partial charge in [0, 0.05) is 11.6 Å². The van der Waals surface area contributed by atoms with Crippen molar-refractivity contribution in [2.45, 2.75) is 45.6 Å². The molecular weight excluding hydrogens is 336 g/mol. The Balaban J connectivity index is 1.64. The van der Waals surface area contributed by atoms with Gasteiger partial charge in [-0.15, -0.1) is 10.2 Å². The van der Waals surface area contributed by atoms with E-state index in [1.807, 2.05) is 0 Å². The molecule has 1 aromatic heterocycles. The fourth-order valence-corrected chi connectivity index (χ4v) is 5.69. The van der Waals surface area contributed by atoms with E-state index in [-0.39, 0.29) is 21.6 Å². The number of benzene rings is 1. The molecular formula is C18H22N4O2S. The lowest BCUT2D eigenvalue weighted by Gasteiger charge is -2.48. The summed E-state index contributed by atoms with van der Waals surface area (Å²) in [7, 11) is 0. The molecule has 1 N–H and O–H groups in total. The van der Waals surface area contributed by atoms with Crippen molar-refractivity contribution in [1.29, 1.82) is 0 Å². The van der Waals surface area contributed by atoms with E-state index in [1.54, 1.807) is 18.2 Å². The third-order valence-corrected chi connectivity index (χ3v) is 7.60. The Morgan fingerprint density at radius 1 is 1.20 bits per heavy atom. The summed E-state index contributed by atoms with van der Waals surface area (Å²) in [6, 6.07) is 6.69. The molecule has 2 aliphatic carbocycles. The number of nitro groups is 1. The Morgan fingerprint density at radius 3 is 2.60 bits per heavy atom. The van der Waals surface area contributed by atoms with Crippen molar-refractivity contribution < 1.29 is 4.92 Å². The summed E-state index contributed by atoms with van der Waals surface area (Å²) in [5, 5.41) is 24.7. The third-order valence-electron chi connectivity index (χ3n) is 6.73. The third kappa shape index (κ3) is 2.36. The number of para-hydroxylation sites is 1. The number of hydrogen-bond donors (Lipinski definition) is 1.